The van der Waals surface area contributed by atoms with E-state index in [9.17, 15) is 0 Å². The van der Waals surface area contributed by atoms with E-state index in [4.69, 9.17) is 4.52 Å². The maximum Gasteiger partial charge on any atom is 0.150 e. The van der Waals surface area contributed by atoms with Crippen molar-refractivity contribution in [2.75, 3.05) is 13.1 Å². The highest BCUT2D eigenvalue weighted by molar-refractivity contribution is 5.03. The van der Waals surface area contributed by atoms with Crippen molar-refractivity contribution in [1.29, 1.82) is 0 Å². The molecule has 0 amide bonds. The first kappa shape index (κ1) is 8.51. The van der Waals surface area contributed by atoms with Gasteiger partial charge >= 0.3 is 0 Å². The Morgan fingerprint density at radius 1 is 1.54 bits per heavy atom. The van der Waals surface area contributed by atoms with Crippen molar-refractivity contribution in [3.8, 4) is 0 Å². The molecule has 0 atom stereocenters. The summed E-state index contributed by atoms with van der Waals surface area (Å²) in [6.07, 6.45) is 5.57. The molecule has 1 aliphatic rings. The second kappa shape index (κ2) is 3.75. The van der Waals surface area contributed by atoms with Crippen LogP contribution in [0.15, 0.2) is 22.7 Å². The molecule has 1 aromatic heterocycles. The average molecular weight is 178 g/mol. The highest BCUT2D eigenvalue weighted by Crippen LogP contribution is 2.09. The largest absolute Gasteiger partial charge is 0.360 e. The van der Waals surface area contributed by atoms with E-state index in [1.807, 2.05) is 13.0 Å². The van der Waals surface area contributed by atoms with Gasteiger partial charge < -0.3 is 4.52 Å². The van der Waals surface area contributed by atoms with E-state index in [-0.39, 0.29) is 0 Å². The third-order valence-electron chi connectivity index (χ3n) is 2.20. The molecule has 13 heavy (non-hydrogen) atoms. The van der Waals surface area contributed by atoms with Crippen LogP contribution >= 0.6 is 0 Å². The normalized spacial score (nSPS) is 17.9. The Balaban J connectivity index is 1.94. The Kier molecular flexibility index (Phi) is 2.45. The Hall–Kier alpha value is -1.09. The summed E-state index contributed by atoms with van der Waals surface area (Å²) in [4.78, 5) is 2.35. The zero-order valence-corrected chi connectivity index (χ0v) is 7.86. The lowest BCUT2D eigenvalue weighted by Crippen LogP contribution is -2.26. The lowest BCUT2D eigenvalue weighted by molar-refractivity contribution is 0.248. The van der Waals surface area contributed by atoms with Crippen LogP contribution in [-0.4, -0.2) is 23.1 Å². The Bertz CT molecular complexity index is 304. The molecule has 1 aromatic rings. The third kappa shape index (κ3) is 2.18. The number of aromatic nitrogens is 1. The minimum atomic E-state index is 0.880. The van der Waals surface area contributed by atoms with Gasteiger partial charge in [0.1, 0.15) is 0 Å². The molecule has 0 spiro atoms. The minimum absolute atomic E-state index is 0.880. The molecule has 1 aliphatic heterocycles. The molecule has 3 heteroatoms. The van der Waals surface area contributed by atoms with Gasteiger partial charge in [-0.05, 0) is 13.3 Å². The standard InChI is InChI=1S/C10H14N2O/c1-9-7-10(13-11-9)8-12-5-3-2-4-6-12/h2-3,7H,4-6,8H2,1H3. The van der Waals surface area contributed by atoms with Crippen LogP contribution in [-0.2, 0) is 6.54 Å². The van der Waals surface area contributed by atoms with E-state index in [0.29, 0.717) is 0 Å². The first-order valence-corrected chi connectivity index (χ1v) is 4.64. The lowest BCUT2D eigenvalue weighted by Gasteiger charge is -2.20. The fourth-order valence-electron chi connectivity index (χ4n) is 1.54. The molecule has 0 unspecified atom stereocenters. The molecule has 2 rings (SSSR count). The van der Waals surface area contributed by atoms with E-state index < -0.39 is 0 Å². The van der Waals surface area contributed by atoms with Crippen molar-refractivity contribution in [2.24, 2.45) is 0 Å². The van der Waals surface area contributed by atoms with Crippen molar-refractivity contribution in [3.63, 3.8) is 0 Å². The molecule has 3 nitrogen and oxygen atoms in total. The summed E-state index contributed by atoms with van der Waals surface area (Å²) in [6, 6.07) is 2.00. The fraction of sp³-hybridized carbons (Fsp3) is 0.500. The first-order chi connectivity index (χ1) is 6.34. The molecule has 0 aromatic carbocycles. The predicted octanol–water partition coefficient (Wildman–Crippen LogP) is 1.74. The van der Waals surface area contributed by atoms with E-state index in [0.717, 1.165) is 37.5 Å². The van der Waals surface area contributed by atoms with E-state index in [1.165, 1.54) is 0 Å². The summed E-state index contributed by atoms with van der Waals surface area (Å²) in [7, 11) is 0. The van der Waals surface area contributed by atoms with Gasteiger partial charge in [0.15, 0.2) is 5.76 Å². The van der Waals surface area contributed by atoms with Crippen LogP contribution in [0.2, 0.25) is 0 Å². The maximum absolute atomic E-state index is 5.15. The summed E-state index contributed by atoms with van der Waals surface area (Å²) < 4.78 is 5.15. The highest BCUT2D eigenvalue weighted by Gasteiger charge is 2.09. The number of aryl methyl sites for hydroxylation is 1. The smallest absolute Gasteiger partial charge is 0.150 e. The van der Waals surface area contributed by atoms with Gasteiger partial charge in [0.25, 0.3) is 0 Å². The van der Waals surface area contributed by atoms with E-state index in [2.05, 4.69) is 22.2 Å². The molecular formula is C10H14N2O. The van der Waals surface area contributed by atoms with Gasteiger partial charge in [-0.15, -0.1) is 0 Å². The summed E-state index contributed by atoms with van der Waals surface area (Å²) in [5.74, 6) is 0.966. The summed E-state index contributed by atoms with van der Waals surface area (Å²) in [6.45, 7) is 4.98. The lowest BCUT2D eigenvalue weighted by atomic mass is 10.2. The topological polar surface area (TPSA) is 29.3 Å². The molecule has 0 saturated carbocycles. The van der Waals surface area contributed by atoms with Crippen LogP contribution in [0.5, 0.6) is 0 Å². The zero-order chi connectivity index (χ0) is 9.10. The monoisotopic (exact) mass is 178 g/mol. The number of nitrogens with zero attached hydrogens (tertiary/aromatic N) is 2. The Morgan fingerprint density at radius 3 is 3.08 bits per heavy atom. The summed E-state index contributed by atoms with van der Waals surface area (Å²) in [5, 5.41) is 3.86. The number of rotatable bonds is 2. The molecule has 0 bridgehead atoms. The molecule has 2 heterocycles. The van der Waals surface area contributed by atoms with Gasteiger partial charge in [-0.3, -0.25) is 4.90 Å². The fourth-order valence-corrected chi connectivity index (χ4v) is 1.54. The quantitative estimate of drug-likeness (QED) is 0.646. The molecule has 70 valence electrons. The van der Waals surface area contributed by atoms with Gasteiger partial charge in [0.05, 0.1) is 12.2 Å². The predicted molar refractivity (Wildman–Crippen MR) is 50.3 cm³/mol. The average Bonchev–Trinajstić information content (AvgIpc) is 2.53. The van der Waals surface area contributed by atoms with E-state index >= 15 is 0 Å². The SMILES string of the molecule is Cc1cc(CN2CC=CCC2)on1. The number of hydrogen-bond acceptors (Lipinski definition) is 3. The summed E-state index contributed by atoms with van der Waals surface area (Å²) in [5.41, 5.74) is 0.961. The van der Waals surface area contributed by atoms with Gasteiger partial charge in [-0.1, -0.05) is 17.3 Å². The van der Waals surface area contributed by atoms with Gasteiger partial charge in [-0.25, -0.2) is 0 Å². The molecule has 0 fully saturated rings. The van der Waals surface area contributed by atoms with Gasteiger partial charge in [0.2, 0.25) is 0 Å². The highest BCUT2D eigenvalue weighted by atomic mass is 16.5. The van der Waals surface area contributed by atoms with Crippen molar-refractivity contribution in [3.05, 3.63) is 29.7 Å². The molecule has 0 aliphatic carbocycles. The van der Waals surface area contributed by atoms with Gasteiger partial charge in [0, 0.05) is 19.2 Å². The molecular weight excluding hydrogens is 164 g/mol. The van der Waals surface area contributed by atoms with Crippen molar-refractivity contribution >= 4 is 0 Å². The second-order valence-corrected chi connectivity index (χ2v) is 3.43. The number of hydrogen-bond donors (Lipinski definition) is 0. The van der Waals surface area contributed by atoms with Crippen molar-refractivity contribution < 1.29 is 4.52 Å². The first-order valence-electron chi connectivity index (χ1n) is 4.64. The van der Waals surface area contributed by atoms with Crippen LogP contribution in [0, 0.1) is 6.92 Å². The second-order valence-electron chi connectivity index (χ2n) is 3.43. The maximum atomic E-state index is 5.15. The molecule has 0 saturated heterocycles. The molecule has 0 N–H and O–H groups in total. The summed E-state index contributed by atoms with van der Waals surface area (Å²) >= 11 is 0. The van der Waals surface area contributed by atoms with Crippen LogP contribution in [0.4, 0.5) is 0 Å². The van der Waals surface area contributed by atoms with Crippen LogP contribution in [0.25, 0.3) is 0 Å². The Morgan fingerprint density at radius 2 is 2.46 bits per heavy atom. The van der Waals surface area contributed by atoms with Crippen LogP contribution in [0.3, 0.4) is 0 Å². The van der Waals surface area contributed by atoms with Crippen LogP contribution in [0.1, 0.15) is 17.9 Å². The van der Waals surface area contributed by atoms with Gasteiger partial charge in [-0.2, -0.15) is 0 Å². The Labute approximate surface area is 78.0 Å². The van der Waals surface area contributed by atoms with Crippen molar-refractivity contribution in [2.45, 2.75) is 19.9 Å². The van der Waals surface area contributed by atoms with E-state index in [1.54, 1.807) is 0 Å². The van der Waals surface area contributed by atoms with Crippen molar-refractivity contribution in [1.82, 2.24) is 10.1 Å². The molecule has 0 radical (unpaired) electrons. The zero-order valence-electron chi connectivity index (χ0n) is 7.86. The third-order valence-corrected chi connectivity index (χ3v) is 2.20. The minimum Gasteiger partial charge on any atom is -0.360 e. The van der Waals surface area contributed by atoms with Crippen LogP contribution < -0.4 is 0 Å².